The molecule has 1 saturated carbocycles. The third-order valence-corrected chi connectivity index (χ3v) is 14.0. The summed E-state index contributed by atoms with van der Waals surface area (Å²) in [5.41, 5.74) is 1.59. The average Bonchev–Trinajstić information content (AvgIpc) is 3.79. The largest absolute Gasteiger partial charge is 0.489 e. The molecule has 15 heteroatoms. The number of halogens is 2. The molecule has 61 heavy (non-hydrogen) atoms. The normalized spacial score (nSPS) is 24.7. The first-order valence-corrected chi connectivity index (χ1v) is 21.4. The van der Waals surface area contributed by atoms with E-state index in [4.69, 9.17) is 16.3 Å². The summed E-state index contributed by atoms with van der Waals surface area (Å²) in [5, 5.41) is 15.0. The topological polar surface area (TPSA) is 155 Å². The number of carbonyl (C=O) groups is 5. The van der Waals surface area contributed by atoms with Crippen molar-refractivity contribution in [1.82, 2.24) is 20.4 Å². The first-order valence-electron chi connectivity index (χ1n) is 21.0. The molecule has 8 rings (SSSR count). The van der Waals surface area contributed by atoms with E-state index in [0.717, 1.165) is 55.6 Å². The van der Waals surface area contributed by atoms with Gasteiger partial charge in [-0.2, -0.15) is 5.26 Å². The summed E-state index contributed by atoms with van der Waals surface area (Å²) >= 11 is 6.25. The minimum absolute atomic E-state index is 0.0145. The zero-order valence-corrected chi connectivity index (χ0v) is 35.9. The summed E-state index contributed by atoms with van der Waals surface area (Å²) < 4.78 is 21.9. The van der Waals surface area contributed by atoms with Crippen LogP contribution in [0.1, 0.15) is 96.4 Å². The van der Waals surface area contributed by atoms with E-state index >= 15 is 4.39 Å². The molecule has 3 aromatic rings. The Labute approximate surface area is 360 Å². The molecule has 1 unspecified atom stereocenters. The van der Waals surface area contributed by atoms with Crippen LogP contribution in [-0.2, 0) is 9.59 Å². The number of nitriles is 1. The maximum atomic E-state index is 15.5. The lowest BCUT2D eigenvalue weighted by atomic mass is 9.49. The van der Waals surface area contributed by atoms with E-state index in [1.165, 1.54) is 6.07 Å². The second-order valence-electron chi connectivity index (χ2n) is 18.4. The van der Waals surface area contributed by atoms with Crippen LogP contribution in [0.4, 0.5) is 15.8 Å². The van der Waals surface area contributed by atoms with Gasteiger partial charge in [0.25, 0.3) is 17.7 Å². The molecule has 13 nitrogen and oxygen atoms in total. The number of carbonyl (C=O) groups excluding carboxylic acids is 5. The van der Waals surface area contributed by atoms with Crippen molar-refractivity contribution in [3.8, 4) is 11.8 Å². The molecule has 0 spiro atoms. The fourth-order valence-corrected chi connectivity index (χ4v) is 10.9. The Morgan fingerprint density at radius 3 is 2.23 bits per heavy atom. The van der Waals surface area contributed by atoms with Crippen molar-refractivity contribution in [2.75, 3.05) is 49.6 Å². The molecular weight excluding hydrogens is 801 g/mol. The van der Waals surface area contributed by atoms with Crippen molar-refractivity contribution in [3.63, 3.8) is 0 Å². The molecule has 320 valence electrons. The van der Waals surface area contributed by atoms with Crippen molar-refractivity contribution in [2.45, 2.75) is 84.0 Å². The first kappa shape index (κ1) is 42.2. The zero-order valence-electron chi connectivity index (χ0n) is 35.1. The Hall–Kier alpha value is -5.52. The number of nitrogens with one attached hydrogen (secondary N) is 2. The van der Waals surface area contributed by atoms with Gasteiger partial charge in [-0.3, -0.25) is 34.2 Å². The van der Waals surface area contributed by atoms with E-state index in [0.29, 0.717) is 41.0 Å². The van der Waals surface area contributed by atoms with Crippen LogP contribution in [0, 0.1) is 33.9 Å². The number of imide groups is 2. The molecule has 0 radical (unpaired) electrons. The van der Waals surface area contributed by atoms with Gasteiger partial charge in [0.05, 0.1) is 27.4 Å². The lowest BCUT2D eigenvalue weighted by molar-refractivity contribution is -0.164. The quantitative estimate of drug-likeness (QED) is 0.240. The standard InChI is InChI=1S/C46H51ClFN7O6/c1-45(2)43(46(3,4)44(45)61-31-11-8-28(23-49)34(47)20-31)51-39(57)27-6-9-30(10-7-27)53-18-15-29(16-19-53)52(5)24-26-14-17-54(25-26)37-22-33-32(21-35(37)48)41(59)55(42(33)60)36-12-13-38(56)50-40(36)58/h6-11,20-22,26,29,36,43-44H,12-19,24-25H2,1-5H3,(H,51,57)(H,50,56,58)/t26-,36?,43?,44?/m0/s1. The summed E-state index contributed by atoms with van der Waals surface area (Å²) in [7, 11) is 2.14. The molecule has 4 fully saturated rings. The number of nitrogens with zero attached hydrogens (tertiary/aromatic N) is 5. The summed E-state index contributed by atoms with van der Waals surface area (Å²) in [6.45, 7) is 12.1. The van der Waals surface area contributed by atoms with Gasteiger partial charge in [0, 0.05) is 79.4 Å². The van der Waals surface area contributed by atoms with Crippen LogP contribution in [0.3, 0.4) is 0 Å². The summed E-state index contributed by atoms with van der Waals surface area (Å²) in [6.07, 6.45) is 2.65. The van der Waals surface area contributed by atoms with Crippen LogP contribution in [0.2, 0.25) is 5.02 Å². The molecule has 0 aromatic heterocycles. The van der Waals surface area contributed by atoms with E-state index in [2.05, 4.69) is 61.2 Å². The number of piperidine rings is 2. The second kappa shape index (κ2) is 16.1. The molecule has 1 aliphatic carbocycles. The van der Waals surface area contributed by atoms with Crippen molar-refractivity contribution in [2.24, 2.45) is 16.7 Å². The molecule has 3 saturated heterocycles. The minimum atomic E-state index is -1.10. The van der Waals surface area contributed by atoms with Crippen LogP contribution in [0.5, 0.6) is 5.75 Å². The van der Waals surface area contributed by atoms with Crippen molar-refractivity contribution >= 4 is 52.5 Å². The SMILES string of the molecule is CN(C[C@@H]1CCN(c2cc3c(cc2F)C(=O)N(C2CCC(=O)NC2=O)C3=O)C1)C1CCN(c2ccc(C(=O)NC3C(C)(C)C(Oc4ccc(C#N)c(Cl)c4)C3(C)C)cc2)CC1. The fourth-order valence-electron chi connectivity index (χ4n) is 10.7. The molecular formula is C46H51ClFN7O6. The van der Waals surface area contributed by atoms with Crippen LogP contribution >= 0.6 is 11.6 Å². The number of amides is 5. The number of hydrogen-bond donors (Lipinski definition) is 2. The number of rotatable bonds is 10. The fraction of sp³-hybridized carbons (Fsp3) is 0.478. The molecule has 5 amide bonds. The summed E-state index contributed by atoms with van der Waals surface area (Å²) in [6, 6.07) is 16.6. The highest BCUT2D eigenvalue weighted by atomic mass is 35.5. The van der Waals surface area contributed by atoms with Gasteiger partial charge in [-0.05, 0) is 87.2 Å². The van der Waals surface area contributed by atoms with Crippen molar-refractivity contribution in [3.05, 3.63) is 87.7 Å². The number of fused-ring (bicyclic) bond motifs is 1. The smallest absolute Gasteiger partial charge is 0.262 e. The summed E-state index contributed by atoms with van der Waals surface area (Å²) in [5.74, 6) is -2.38. The number of anilines is 2. The number of ether oxygens (including phenoxy) is 1. The molecule has 2 atom stereocenters. The second-order valence-corrected chi connectivity index (χ2v) is 18.8. The highest BCUT2D eigenvalue weighted by Crippen LogP contribution is 2.55. The Morgan fingerprint density at radius 2 is 1.59 bits per heavy atom. The highest BCUT2D eigenvalue weighted by molar-refractivity contribution is 6.31. The molecule has 2 N–H and O–H groups in total. The predicted octanol–water partition coefficient (Wildman–Crippen LogP) is 5.79. The Balaban J connectivity index is 0.812. The van der Waals surface area contributed by atoms with Crippen molar-refractivity contribution < 1.29 is 33.1 Å². The van der Waals surface area contributed by atoms with Gasteiger partial charge < -0.3 is 24.8 Å². The highest BCUT2D eigenvalue weighted by Gasteiger charge is 2.64. The van der Waals surface area contributed by atoms with E-state index in [1.54, 1.807) is 18.2 Å². The van der Waals surface area contributed by atoms with Gasteiger partial charge in [0.15, 0.2) is 0 Å². The van der Waals surface area contributed by atoms with Crippen LogP contribution in [-0.4, -0.2) is 103 Å². The number of hydrogen-bond acceptors (Lipinski definition) is 10. The number of benzene rings is 3. The maximum absolute atomic E-state index is 15.5. The molecule has 4 heterocycles. The molecule has 3 aromatic carbocycles. The van der Waals surface area contributed by atoms with E-state index in [9.17, 15) is 29.2 Å². The Morgan fingerprint density at radius 1 is 0.934 bits per heavy atom. The monoisotopic (exact) mass is 851 g/mol. The van der Waals surface area contributed by atoms with Gasteiger partial charge in [-0.25, -0.2) is 4.39 Å². The van der Waals surface area contributed by atoms with Gasteiger partial charge >= 0.3 is 0 Å². The van der Waals surface area contributed by atoms with E-state index in [-0.39, 0.29) is 64.5 Å². The Bertz CT molecular complexity index is 2320. The first-order chi connectivity index (χ1) is 29.0. The average molecular weight is 852 g/mol. The molecule has 5 aliphatic rings. The predicted molar refractivity (Wildman–Crippen MR) is 227 cm³/mol. The van der Waals surface area contributed by atoms with Gasteiger partial charge in [0.2, 0.25) is 11.8 Å². The molecule has 4 aliphatic heterocycles. The van der Waals surface area contributed by atoms with E-state index in [1.807, 2.05) is 29.2 Å². The van der Waals surface area contributed by atoms with Crippen molar-refractivity contribution in [1.29, 1.82) is 5.26 Å². The van der Waals surface area contributed by atoms with Crippen LogP contribution in [0.15, 0.2) is 54.6 Å². The van der Waals surface area contributed by atoms with Crippen LogP contribution in [0.25, 0.3) is 0 Å². The minimum Gasteiger partial charge on any atom is -0.489 e. The Kier molecular flexibility index (Phi) is 11.1. The maximum Gasteiger partial charge on any atom is 0.262 e. The lowest BCUT2D eigenvalue weighted by Gasteiger charge is -2.63. The van der Waals surface area contributed by atoms with Gasteiger partial charge in [0.1, 0.15) is 29.8 Å². The zero-order chi connectivity index (χ0) is 43.5. The van der Waals surface area contributed by atoms with Gasteiger partial charge in [-0.15, -0.1) is 0 Å². The lowest BCUT2D eigenvalue weighted by Crippen LogP contribution is -2.74. The third-order valence-electron chi connectivity index (χ3n) is 13.7. The third kappa shape index (κ3) is 7.71. The summed E-state index contributed by atoms with van der Waals surface area (Å²) in [4.78, 5) is 71.7. The van der Waals surface area contributed by atoms with E-state index < -0.39 is 35.5 Å². The van der Waals surface area contributed by atoms with Gasteiger partial charge in [-0.1, -0.05) is 39.3 Å². The molecule has 0 bridgehead atoms. The van der Waals surface area contributed by atoms with Crippen LogP contribution < -0.4 is 25.2 Å².